The van der Waals surface area contributed by atoms with Gasteiger partial charge in [-0.2, -0.15) is 5.10 Å². The maximum Gasteiger partial charge on any atom is 0.358 e. The van der Waals surface area contributed by atoms with Crippen molar-refractivity contribution in [1.29, 1.82) is 0 Å². The number of hydrogen-bond acceptors (Lipinski definition) is 5. The quantitative estimate of drug-likeness (QED) is 0.682. The second-order valence-electron chi connectivity index (χ2n) is 8.10. The van der Waals surface area contributed by atoms with Gasteiger partial charge in [-0.3, -0.25) is 19.2 Å². The zero-order chi connectivity index (χ0) is 22.8. The number of rotatable bonds is 7. The number of hydrogen-bond donors (Lipinski definition) is 1. The highest BCUT2D eigenvalue weighted by Gasteiger charge is 2.49. The zero-order valence-electron chi connectivity index (χ0n) is 18.1. The van der Waals surface area contributed by atoms with Crippen LogP contribution in [0.3, 0.4) is 0 Å². The summed E-state index contributed by atoms with van der Waals surface area (Å²) in [5.74, 6) is -1.97. The number of esters is 1. The third-order valence-electron chi connectivity index (χ3n) is 5.23. The third kappa shape index (κ3) is 4.30. The molecule has 1 aliphatic rings. The average molecular weight is 430 g/mol. The molecule has 0 spiro atoms. The Labute approximate surface area is 180 Å². The monoisotopic (exact) mass is 430 g/mol. The van der Waals surface area contributed by atoms with Gasteiger partial charge >= 0.3 is 5.97 Å². The van der Waals surface area contributed by atoms with E-state index in [9.17, 15) is 18.8 Å². The van der Waals surface area contributed by atoms with Crippen molar-refractivity contribution in [1.82, 2.24) is 15.1 Å². The molecule has 1 unspecified atom stereocenters. The molecule has 166 valence electrons. The molecule has 2 aromatic rings. The highest BCUT2D eigenvalue weighted by molar-refractivity contribution is 6.12. The van der Waals surface area contributed by atoms with Gasteiger partial charge in [0.25, 0.3) is 5.91 Å². The van der Waals surface area contributed by atoms with Crippen LogP contribution in [0.15, 0.2) is 30.3 Å². The van der Waals surface area contributed by atoms with Crippen molar-refractivity contribution in [2.45, 2.75) is 46.2 Å². The molecule has 2 amide bonds. The van der Waals surface area contributed by atoms with Crippen molar-refractivity contribution in [3.05, 3.63) is 47.5 Å². The molecule has 8 nitrogen and oxygen atoms in total. The number of para-hydroxylation sites is 1. The van der Waals surface area contributed by atoms with Gasteiger partial charge in [0.2, 0.25) is 5.91 Å². The molecular formula is C22H27FN4O4. The predicted octanol–water partition coefficient (Wildman–Crippen LogP) is 2.78. The lowest BCUT2D eigenvalue weighted by Crippen LogP contribution is -2.64. The van der Waals surface area contributed by atoms with Gasteiger partial charge in [-0.05, 0) is 38.3 Å². The van der Waals surface area contributed by atoms with Crippen molar-refractivity contribution < 1.29 is 23.5 Å². The van der Waals surface area contributed by atoms with Gasteiger partial charge in [0.05, 0.1) is 18.8 Å². The Kier molecular flexibility index (Phi) is 6.42. The minimum Gasteiger partial charge on any atom is -0.461 e. The number of nitrogens with zero attached hydrogens (tertiary/aromatic N) is 3. The van der Waals surface area contributed by atoms with Gasteiger partial charge < -0.3 is 10.1 Å². The number of benzene rings is 1. The van der Waals surface area contributed by atoms with Crippen LogP contribution in [0.1, 0.15) is 55.1 Å². The molecule has 1 N–H and O–H groups in total. The third-order valence-corrected chi connectivity index (χ3v) is 5.23. The summed E-state index contributed by atoms with van der Waals surface area (Å²) in [6.45, 7) is 7.84. The van der Waals surface area contributed by atoms with Crippen LogP contribution in [-0.4, -0.2) is 46.3 Å². The summed E-state index contributed by atoms with van der Waals surface area (Å²) in [4.78, 5) is 39.9. The number of carbonyl (C=O) groups excluding carboxylic acids is 3. The van der Waals surface area contributed by atoms with E-state index in [2.05, 4.69) is 10.4 Å². The van der Waals surface area contributed by atoms with E-state index in [1.165, 1.54) is 28.9 Å². The molecule has 3 rings (SSSR count). The highest BCUT2D eigenvalue weighted by Crippen LogP contribution is 2.34. The van der Waals surface area contributed by atoms with E-state index in [0.29, 0.717) is 12.5 Å². The van der Waals surface area contributed by atoms with Crippen LogP contribution in [0.25, 0.3) is 0 Å². The smallest absolute Gasteiger partial charge is 0.358 e. The summed E-state index contributed by atoms with van der Waals surface area (Å²) in [5, 5.41) is 7.03. The van der Waals surface area contributed by atoms with E-state index in [-0.39, 0.29) is 30.2 Å². The molecule has 9 heteroatoms. The molecule has 31 heavy (non-hydrogen) atoms. The summed E-state index contributed by atoms with van der Waals surface area (Å²) < 4.78 is 21.0. The first-order valence-electron chi connectivity index (χ1n) is 10.3. The second-order valence-corrected chi connectivity index (χ2v) is 8.10. The average Bonchev–Trinajstić information content (AvgIpc) is 3.13. The van der Waals surface area contributed by atoms with E-state index >= 15 is 0 Å². The molecule has 2 heterocycles. The predicted molar refractivity (Wildman–Crippen MR) is 112 cm³/mol. The Balaban J connectivity index is 2.05. The first kappa shape index (κ1) is 22.5. The number of ether oxygens (including phenoxy) is 1. The van der Waals surface area contributed by atoms with E-state index in [4.69, 9.17) is 4.74 Å². The van der Waals surface area contributed by atoms with Crippen molar-refractivity contribution in [2.75, 3.05) is 18.1 Å². The molecular weight excluding hydrogens is 403 g/mol. The molecule has 0 radical (unpaired) electrons. The highest BCUT2D eigenvalue weighted by atomic mass is 19.1. The molecule has 1 aromatic heterocycles. The maximum absolute atomic E-state index is 14.7. The topological polar surface area (TPSA) is 93.5 Å². The van der Waals surface area contributed by atoms with Crippen LogP contribution in [-0.2, 0) is 16.1 Å². The SMILES string of the molecule is CCOC(=O)c1cc2n(n1)CC(C)(C(=O)NCCC(C)C)N(c1ccccc1F)C2=O. The van der Waals surface area contributed by atoms with Crippen LogP contribution in [0.2, 0.25) is 0 Å². The first-order chi connectivity index (χ1) is 14.7. The molecule has 0 aliphatic carbocycles. The van der Waals surface area contributed by atoms with Gasteiger partial charge in [-0.25, -0.2) is 9.18 Å². The molecule has 0 fully saturated rings. The normalized spacial score (nSPS) is 18.1. The molecule has 0 saturated carbocycles. The Morgan fingerprint density at radius 3 is 2.68 bits per heavy atom. The minimum absolute atomic E-state index is 0.0147. The van der Waals surface area contributed by atoms with Crippen LogP contribution in [0, 0.1) is 11.7 Å². The fourth-order valence-electron chi connectivity index (χ4n) is 3.56. The standard InChI is InChI=1S/C22H27FN4O4/c1-5-31-20(29)16-12-18-19(28)27(17-9-7-6-8-15(17)23)22(4,13-26(18)25-16)21(30)24-11-10-14(2)3/h6-9,12,14H,5,10-11,13H2,1-4H3,(H,24,30). The van der Waals surface area contributed by atoms with Crippen molar-refractivity contribution in [3.63, 3.8) is 0 Å². The summed E-state index contributed by atoms with van der Waals surface area (Å²) in [5.41, 5.74) is -1.43. The van der Waals surface area contributed by atoms with Crippen LogP contribution in [0.4, 0.5) is 10.1 Å². The molecule has 1 aliphatic heterocycles. The number of anilines is 1. The lowest BCUT2D eigenvalue weighted by molar-refractivity contribution is -0.126. The number of amides is 2. The van der Waals surface area contributed by atoms with E-state index in [1.807, 2.05) is 13.8 Å². The van der Waals surface area contributed by atoms with Crippen LogP contribution < -0.4 is 10.2 Å². The minimum atomic E-state index is -1.46. The Hall–Kier alpha value is -3.23. The molecule has 1 aromatic carbocycles. The maximum atomic E-state index is 14.7. The van der Waals surface area contributed by atoms with Crippen molar-refractivity contribution in [3.8, 4) is 0 Å². The number of nitrogens with one attached hydrogen (secondary N) is 1. The lowest BCUT2D eigenvalue weighted by atomic mass is 9.93. The Morgan fingerprint density at radius 2 is 2.03 bits per heavy atom. The van der Waals surface area contributed by atoms with E-state index in [0.717, 1.165) is 11.3 Å². The fraction of sp³-hybridized carbons (Fsp3) is 0.455. The summed E-state index contributed by atoms with van der Waals surface area (Å²) in [7, 11) is 0. The number of fused-ring (bicyclic) bond motifs is 1. The van der Waals surface area contributed by atoms with Crippen LogP contribution in [0.5, 0.6) is 0 Å². The van der Waals surface area contributed by atoms with Crippen LogP contribution >= 0.6 is 0 Å². The largest absolute Gasteiger partial charge is 0.461 e. The van der Waals surface area contributed by atoms with Gasteiger partial charge in [0, 0.05) is 12.6 Å². The fourth-order valence-corrected chi connectivity index (χ4v) is 3.56. The van der Waals surface area contributed by atoms with Gasteiger partial charge in [0.1, 0.15) is 17.1 Å². The summed E-state index contributed by atoms with van der Waals surface area (Å²) in [6.07, 6.45) is 0.759. The van der Waals surface area contributed by atoms with E-state index in [1.54, 1.807) is 19.9 Å². The number of carbonyl (C=O) groups is 3. The van der Waals surface area contributed by atoms with Gasteiger partial charge in [0.15, 0.2) is 5.69 Å². The van der Waals surface area contributed by atoms with Crippen molar-refractivity contribution in [2.24, 2.45) is 5.92 Å². The second kappa shape index (κ2) is 8.87. The van der Waals surface area contributed by atoms with Crippen molar-refractivity contribution >= 4 is 23.5 Å². The Morgan fingerprint density at radius 1 is 1.32 bits per heavy atom. The summed E-state index contributed by atoms with van der Waals surface area (Å²) >= 11 is 0. The molecule has 1 atom stereocenters. The van der Waals surface area contributed by atoms with Gasteiger partial charge in [-0.15, -0.1) is 0 Å². The summed E-state index contributed by atoms with van der Waals surface area (Å²) in [6, 6.07) is 7.10. The lowest BCUT2D eigenvalue weighted by Gasteiger charge is -2.43. The number of aromatic nitrogens is 2. The Bertz CT molecular complexity index is 1000. The van der Waals surface area contributed by atoms with Gasteiger partial charge in [-0.1, -0.05) is 26.0 Å². The first-order valence-corrected chi connectivity index (χ1v) is 10.3. The molecule has 0 saturated heterocycles. The zero-order valence-corrected chi connectivity index (χ0v) is 18.1. The number of halogens is 1. The van der Waals surface area contributed by atoms with E-state index < -0.39 is 29.1 Å². The molecule has 0 bridgehead atoms.